The van der Waals surface area contributed by atoms with Crippen LogP contribution in [0.4, 0.5) is 0 Å². The first kappa shape index (κ1) is 7.50. The highest BCUT2D eigenvalue weighted by molar-refractivity contribution is 14.1. The summed E-state index contributed by atoms with van der Waals surface area (Å²) in [5.41, 5.74) is 0. The fraction of sp³-hybridized carbons (Fsp3) is 0.667. The average Bonchev–Trinajstić information content (AvgIpc) is 2.37. The predicted molar refractivity (Wildman–Crippen MR) is 43.8 cm³/mol. The molecule has 1 heterocycles. The second-order valence-corrected chi connectivity index (χ2v) is 3.52. The number of rotatable bonds is 2. The zero-order chi connectivity index (χ0) is 6.69. The minimum Gasteiger partial charge on any atom is -0.395 e. The van der Waals surface area contributed by atoms with E-state index in [2.05, 4.69) is 22.6 Å². The van der Waals surface area contributed by atoms with Crippen molar-refractivity contribution >= 4 is 22.6 Å². The van der Waals surface area contributed by atoms with Gasteiger partial charge in [-0.05, 0) is 0 Å². The van der Waals surface area contributed by atoms with E-state index in [9.17, 15) is 0 Å². The molecule has 1 N–H and O–H groups in total. The lowest BCUT2D eigenvalue weighted by Crippen LogP contribution is -2.21. The highest BCUT2D eigenvalue weighted by Gasteiger charge is 2.17. The molecule has 0 aromatic carbocycles. The van der Waals surface area contributed by atoms with Crippen LogP contribution in [0.2, 0.25) is 0 Å². The van der Waals surface area contributed by atoms with E-state index >= 15 is 0 Å². The molecule has 0 radical (unpaired) electrons. The van der Waals surface area contributed by atoms with Crippen molar-refractivity contribution in [2.75, 3.05) is 13.2 Å². The van der Waals surface area contributed by atoms with Crippen molar-refractivity contribution in [2.24, 2.45) is 0 Å². The van der Waals surface area contributed by atoms with E-state index in [0.29, 0.717) is 6.61 Å². The Balaban J connectivity index is 2.33. The van der Waals surface area contributed by atoms with Gasteiger partial charge in [-0.25, -0.2) is 0 Å². The second-order valence-electron chi connectivity index (χ2n) is 1.92. The minimum absolute atomic E-state index is 0.135. The zero-order valence-corrected chi connectivity index (χ0v) is 7.11. The summed E-state index contributed by atoms with van der Waals surface area (Å²) in [6, 6.07) is 0. The first-order valence-electron chi connectivity index (χ1n) is 2.88. The van der Waals surface area contributed by atoms with E-state index in [1.807, 2.05) is 12.2 Å². The van der Waals surface area contributed by atoms with Gasteiger partial charge in [-0.15, -0.1) is 0 Å². The first-order valence-corrected chi connectivity index (χ1v) is 4.12. The lowest BCUT2D eigenvalue weighted by atomic mass is 10.3. The summed E-state index contributed by atoms with van der Waals surface area (Å²) in [5, 5.41) is 8.67. The maximum atomic E-state index is 8.67. The molecule has 0 amide bonds. The Morgan fingerprint density at radius 1 is 1.89 bits per heavy atom. The molecule has 0 saturated heterocycles. The normalized spacial score (nSPS) is 28.9. The third kappa shape index (κ3) is 1.91. The summed E-state index contributed by atoms with van der Waals surface area (Å²) < 4.78 is 5.44. The number of hydrogen-bond acceptors (Lipinski definition) is 2. The molecule has 1 rings (SSSR count). The maximum Gasteiger partial charge on any atom is 0.0900 e. The molecule has 1 aliphatic heterocycles. The van der Waals surface area contributed by atoms with Gasteiger partial charge in [-0.3, -0.25) is 0 Å². The van der Waals surface area contributed by atoms with Gasteiger partial charge >= 0.3 is 0 Å². The van der Waals surface area contributed by atoms with Crippen molar-refractivity contribution in [3.8, 4) is 0 Å². The lowest BCUT2D eigenvalue weighted by Gasteiger charge is -2.11. The van der Waals surface area contributed by atoms with E-state index < -0.39 is 0 Å². The molecule has 1 unspecified atom stereocenters. The van der Waals surface area contributed by atoms with Gasteiger partial charge in [0.05, 0.1) is 23.2 Å². The van der Waals surface area contributed by atoms with Crippen LogP contribution < -0.4 is 0 Å². The SMILES string of the molecule is OCC(I)[C@@H]1C=CCO1. The van der Waals surface area contributed by atoms with Gasteiger partial charge in [-0.2, -0.15) is 0 Å². The molecular weight excluding hydrogens is 231 g/mol. The van der Waals surface area contributed by atoms with Gasteiger partial charge in [0.1, 0.15) is 0 Å². The van der Waals surface area contributed by atoms with Crippen LogP contribution in [0.1, 0.15) is 0 Å². The number of aliphatic hydroxyl groups is 1. The molecule has 0 bridgehead atoms. The number of ether oxygens (including phenoxy) is 1. The molecule has 3 heteroatoms. The van der Waals surface area contributed by atoms with Crippen LogP contribution in [0, 0.1) is 0 Å². The summed E-state index contributed by atoms with van der Waals surface area (Å²) in [4.78, 5) is 0. The summed E-state index contributed by atoms with van der Waals surface area (Å²) >= 11 is 2.18. The van der Waals surface area contributed by atoms with Crippen LogP contribution in [-0.2, 0) is 4.74 Å². The molecule has 52 valence electrons. The average molecular weight is 240 g/mol. The molecule has 0 spiro atoms. The van der Waals surface area contributed by atoms with Crippen LogP contribution in [-0.4, -0.2) is 28.3 Å². The summed E-state index contributed by atoms with van der Waals surface area (Å²) in [7, 11) is 0. The van der Waals surface area contributed by atoms with Crippen molar-refractivity contribution < 1.29 is 9.84 Å². The minimum atomic E-state index is 0.135. The van der Waals surface area contributed by atoms with Crippen LogP contribution in [0.15, 0.2) is 12.2 Å². The van der Waals surface area contributed by atoms with Gasteiger partial charge in [0.2, 0.25) is 0 Å². The van der Waals surface area contributed by atoms with Crippen molar-refractivity contribution in [3.05, 3.63) is 12.2 Å². The lowest BCUT2D eigenvalue weighted by molar-refractivity contribution is 0.112. The van der Waals surface area contributed by atoms with E-state index in [4.69, 9.17) is 9.84 Å². The van der Waals surface area contributed by atoms with Crippen molar-refractivity contribution in [1.29, 1.82) is 0 Å². The fourth-order valence-corrected chi connectivity index (χ4v) is 1.19. The predicted octanol–water partition coefficient (Wildman–Crippen LogP) is 0.737. The standard InChI is InChI=1S/C6H9IO2/c7-5(4-8)6-2-1-3-9-6/h1-2,5-6,8H,3-4H2/t5?,6-/m0/s1. The molecule has 0 aliphatic carbocycles. The van der Waals surface area contributed by atoms with E-state index in [0.717, 1.165) is 0 Å². The number of aliphatic hydroxyl groups excluding tert-OH is 1. The first-order chi connectivity index (χ1) is 4.34. The fourth-order valence-electron chi connectivity index (χ4n) is 0.741. The van der Waals surface area contributed by atoms with Gasteiger partial charge in [-0.1, -0.05) is 34.7 Å². The smallest absolute Gasteiger partial charge is 0.0900 e. The molecule has 2 atom stereocenters. The van der Waals surface area contributed by atoms with Crippen LogP contribution in [0.25, 0.3) is 0 Å². The Kier molecular flexibility index (Phi) is 2.94. The Morgan fingerprint density at radius 2 is 2.67 bits per heavy atom. The molecule has 0 aromatic heterocycles. The van der Waals surface area contributed by atoms with E-state index in [1.54, 1.807) is 0 Å². The van der Waals surface area contributed by atoms with E-state index in [1.165, 1.54) is 0 Å². The van der Waals surface area contributed by atoms with Gasteiger partial charge in [0.25, 0.3) is 0 Å². The third-order valence-electron chi connectivity index (χ3n) is 1.24. The van der Waals surface area contributed by atoms with Crippen molar-refractivity contribution in [1.82, 2.24) is 0 Å². The number of halogens is 1. The zero-order valence-electron chi connectivity index (χ0n) is 4.96. The Hall–Kier alpha value is 0.390. The third-order valence-corrected chi connectivity index (χ3v) is 2.34. The van der Waals surface area contributed by atoms with Crippen LogP contribution >= 0.6 is 22.6 Å². The molecule has 2 nitrogen and oxygen atoms in total. The second kappa shape index (κ2) is 3.53. The molecule has 0 fully saturated rings. The molecule has 9 heavy (non-hydrogen) atoms. The molecule has 1 aliphatic rings. The Bertz CT molecular complexity index is 114. The highest BCUT2D eigenvalue weighted by atomic mass is 127. The van der Waals surface area contributed by atoms with Crippen molar-refractivity contribution in [2.45, 2.75) is 10.0 Å². The van der Waals surface area contributed by atoms with Gasteiger partial charge in [0, 0.05) is 0 Å². The quantitative estimate of drug-likeness (QED) is 0.438. The highest BCUT2D eigenvalue weighted by Crippen LogP contribution is 2.14. The van der Waals surface area contributed by atoms with Gasteiger partial charge < -0.3 is 9.84 Å². The Morgan fingerprint density at radius 3 is 3.11 bits per heavy atom. The van der Waals surface area contributed by atoms with Crippen molar-refractivity contribution in [3.63, 3.8) is 0 Å². The number of alkyl halides is 1. The summed E-state index contributed by atoms with van der Waals surface area (Å²) in [6.45, 7) is 0.889. The van der Waals surface area contributed by atoms with Crippen LogP contribution in [0.3, 0.4) is 0 Å². The summed E-state index contributed by atoms with van der Waals surface area (Å²) in [5.74, 6) is 0. The molecule has 0 aromatic rings. The molecule has 0 saturated carbocycles. The van der Waals surface area contributed by atoms with Gasteiger partial charge in [0.15, 0.2) is 0 Å². The monoisotopic (exact) mass is 240 g/mol. The maximum absolute atomic E-state index is 8.67. The van der Waals surface area contributed by atoms with Crippen LogP contribution in [0.5, 0.6) is 0 Å². The number of hydrogen-bond donors (Lipinski definition) is 1. The Labute approximate surface area is 68.0 Å². The van der Waals surface area contributed by atoms with E-state index in [-0.39, 0.29) is 16.6 Å². The molecular formula is C6H9IO2. The topological polar surface area (TPSA) is 29.5 Å². The largest absolute Gasteiger partial charge is 0.395 e. The summed E-state index contributed by atoms with van der Waals surface area (Å²) in [6.07, 6.45) is 4.11.